The topological polar surface area (TPSA) is 64.8 Å². The number of methoxy groups -OCH3 is 1. The maximum Gasteiger partial charge on any atom is 0.410 e. The number of carbonyl (C=O) groups is 1. The van der Waals surface area contributed by atoms with Crippen LogP contribution in [0.15, 0.2) is 12.1 Å². The zero-order chi connectivity index (χ0) is 14.7. The first-order chi connectivity index (χ1) is 9.62. The lowest BCUT2D eigenvalue weighted by Crippen LogP contribution is -2.39. The molecule has 0 bridgehead atoms. The Hall–Kier alpha value is -1.75. The summed E-state index contributed by atoms with van der Waals surface area (Å²) in [5, 5.41) is 0. The number of ether oxygens (including phenoxy) is 2. The molecule has 0 spiro atoms. The number of fused-ring (bicyclic) bond motifs is 1. The van der Waals surface area contributed by atoms with Crippen molar-refractivity contribution in [1.29, 1.82) is 0 Å². The maximum absolute atomic E-state index is 11.9. The number of nitrogens with two attached hydrogens (primary N) is 1. The van der Waals surface area contributed by atoms with Crippen molar-refractivity contribution in [3.63, 3.8) is 0 Å². The van der Waals surface area contributed by atoms with Crippen LogP contribution in [-0.2, 0) is 17.7 Å². The summed E-state index contributed by atoms with van der Waals surface area (Å²) in [6.07, 6.45) is 0.558. The second kappa shape index (κ2) is 6.13. The van der Waals surface area contributed by atoms with E-state index >= 15 is 0 Å². The molecule has 0 saturated carbocycles. The first kappa shape index (κ1) is 14.7. The van der Waals surface area contributed by atoms with Gasteiger partial charge in [0.1, 0.15) is 5.75 Å². The van der Waals surface area contributed by atoms with Gasteiger partial charge in [0.05, 0.1) is 19.8 Å². The lowest BCUT2D eigenvalue weighted by Gasteiger charge is -2.35. The molecule has 20 heavy (non-hydrogen) atoms. The number of carbonyl (C=O) groups excluding carboxylic acids is 1. The van der Waals surface area contributed by atoms with Gasteiger partial charge in [0.25, 0.3) is 0 Å². The molecule has 2 N–H and O–H groups in total. The summed E-state index contributed by atoms with van der Waals surface area (Å²) >= 11 is 0. The van der Waals surface area contributed by atoms with E-state index in [9.17, 15) is 4.79 Å². The summed E-state index contributed by atoms with van der Waals surface area (Å²) in [4.78, 5) is 13.7. The Balaban J connectivity index is 2.33. The Morgan fingerprint density at radius 2 is 2.25 bits per heavy atom. The van der Waals surface area contributed by atoms with Crippen LogP contribution < -0.4 is 10.5 Å². The van der Waals surface area contributed by atoms with E-state index in [0.29, 0.717) is 19.7 Å². The number of hydrogen-bond donors (Lipinski definition) is 1. The van der Waals surface area contributed by atoms with E-state index in [4.69, 9.17) is 15.2 Å². The predicted molar refractivity (Wildman–Crippen MR) is 76.7 cm³/mol. The molecular weight excluding hydrogens is 256 g/mol. The number of nitrogens with zero attached hydrogens (tertiary/aromatic N) is 1. The van der Waals surface area contributed by atoms with E-state index in [1.807, 2.05) is 19.9 Å². The first-order valence-corrected chi connectivity index (χ1v) is 6.95. The first-order valence-electron chi connectivity index (χ1n) is 6.95. The molecule has 1 atom stereocenters. The fraction of sp³-hybridized carbons (Fsp3) is 0.533. The van der Waals surface area contributed by atoms with Crippen molar-refractivity contribution in [2.75, 3.05) is 20.3 Å². The lowest BCUT2D eigenvalue weighted by atomic mass is 9.91. The van der Waals surface area contributed by atoms with Gasteiger partial charge in [-0.3, -0.25) is 0 Å². The molecule has 0 aliphatic carbocycles. The third-order valence-corrected chi connectivity index (χ3v) is 3.80. The molecule has 0 fully saturated rings. The lowest BCUT2D eigenvalue weighted by molar-refractivity contribution is 0.0901. The number of hydrogen-bond acceptors (Lipinski definition) is 4. The van der Waals surface area contributed by atoms with Crippen molar-refractivity contribution in [2.45, 2.75) is 32.9 Å². The third-order valence-electron chi connectivity index (χ3n) is 3.80. The molecule has 1 heterocycles. The third kappa shape index (κ3) is 2.58. The van der Waals surface area contributed by atoms with E-state index < -0.39 is 0 Å². The average Bonchev–Trinajstić information content (AvgIpc) is 2.46. The molecule has 1 aromatic rings. The van der Waals surface area contributed by atoms with Crippen LogP contribution in [0.5, 0.6) is 5.75 Å². The summed E-state index contributed by atoms with van der Waals surface area (Å²) in [7, 11) is 1.64. The van der Waals surface area contributed by atoms with E-state index in [1.54, 1.807) is 12.0 Å². The summed E-state index contributed by atoms with van der Waals surface area (Å²) in [6, 6.07) is 4.07. The van der Waals surface area contributed by atoms with Crippen LogP contribution >= 0.6 is 0 Å². The van der Waals surface area contributed by atoms with Crippen molar-refractivity contribution in [3.05, 3.63) is 28.8 Å². The van der Waals surface area contributed by atoms with Crippen LogP contribution in [0.1, 0.15) is 36.6 Å². The van der Waals surface area contributed by atoms with E-state index in [-0.39, 0.29) is 12.1 Å². The minimum absolute atomic E-state index is 0.0153. The molecule has 0 aromatic heterocycles. The fourth-order valence-corrected chi connectivity index (χ4v) is 2.70. The van der Waals surface area contributed by atoms with Gasteiger partial charge in [-0.25, -0.2) is 4.79 Å². The van der Waals surface area contributed by atoms with E-state index in [0.717, 1.165) is 23.3 Å². The summed E-state index contributed by atoms with van der Waals surface area (Å²) in [5.74, 6) is 0.781. The van der Waals surface area contributed by atoms with Crippen LogP contribution in [0.3, 0.4) is 0 Å². The Bertz CT molecular complexity index is 502. The molecule has 1 aliphatic rings. The summed E-state index contributed by atoms with van der Waals surface area (Å²) < 4.78 is 10.5. The Morgan fingerprint density at radius 1 is 1.50 bits per heavy atom. The van der Waals surface area contributed by atoms with Gasteiger partial charge >= 0.3 is 6.09 Å². The SMILES string of the molecule is CCOC(=O)N1CCc2cc(CN)c(OC)cc2C1C. The Labute approximate surface area is 119 Å². The second-order valence-electron chi connectivity index (χ2n) is 4.89. The number of amides is 1. The minimum atomic E-state index is -0.257. The van der Waals surface area contributed by atoms with Crippen LogP contribution in [0.4, 0.5) is 4.79 Å². The monoisotopic (exact) mass is 278 g/mol. The number of benzene rings is 1. The second-order valence-corrected chi connectivity index (χ2v) is 4.89. The van der Waals surface area contributed by atoms with Crippen LogP contribution in [-0.4, -0.2) is 31.3 Å². The Kier molecular flexibility index (Phi) is 4.49. The van der Waals surface area contributed by atoms with Gasteiger partial charge in [-0.05, 0) is 37.5 Å². The van der Waals surface area contributed by atoms with Crippen LogP contribution in [0, 0.1) is 0 Å². The van der Waals surface area contributed by atoms with Gasteiger partial charge in [0.15, 0.2) is 0 Å². The van der Waals surface area contributed by atoms with Gasteiger partial charge < -0.3 is 20.1 Å². The summed E-state index contributed by atoms with van der Waals surface area (Å²) in [6.45, 7) is 5.34. The van der Waals surface area contributed by atoms with Gasteiger partial charge in [-0.15, -0.1) is 0 Å². The van der Waals surface area contributed by atoms with E-state index in [1.165, 1.54) is 5.56 Å². The zero-order valence-electron chi connectivity index (χ0n) is 12.3. The van der Waals surface area contributed by atoms with Crippen molar-refractivity contribution in [3.8, 4) is 5.75 Å². The predicted octanol–water partition coefficient (Wildman–Crippen LogP) is 2.23. The van der Waals surface area contributed by atoms with Crippen molar-refractivity contribution >= 4 is 6.09 Å². The van der Waals surface area contributed by atoms with Crippen molar-refractivity contribution < 1.29 is 14.3 Å². The molecule has 1 aliphatic heterocycles. The maximum atomic E-state index is 11.9. The van der Waals surface area contributed by atoms with E-state index in [2.05, 4.69) is 6.07 Å². The van der Waals surface area contributed by atoms with Crippen molar-refractivity contribution in [1.82, 2.24) is 4.90 Å². The highest BCUT2D eigenvalue weighted by atomic mass is 16.6. The highest BCUT2D eigenvalue weighted by molar-refractivity contribution is 5.69. The van der Waals surface area contributed by atoms with Gasteiger partial charge in [-0.2, -0.15) is 0 Å². The molecule has 0 radical (unpaired) electrons. The molecular formula is C15H22N2O3. The van der Waals surface area contributed by atoms with Gasteiger partial charge in [-0.1, -0.05) is 6.07 Å². The van der Waals surface area contributed by atoms with Gasteiger partial charge in [0.2, 0.25) is 0 Å². The zero-order valence-corrected chi connectivity index (χ0v) is 12.3. The fourth-order valence-electron chi connectivity index (χ4n) is 2.70. The minimum Gasteiger partial charge on any atom is -0.496 e. The Morgan fingerprint density at radius 3 is 2.85 bits per heavy atom. The molecule has 1 unspecified atom stereocenters. The van der Waals surface area contributed by atoms with Crippen molar-refractivity contribution in [2.24, 2.45) is 5.73 Å². The highest BCUT2D eigenvalue weighted by Crippen LogP contribution is 2.34. The van der Waals surface area contributed by atoms with Crippen LogP contribution in [0.2, 0.25) is 0 Å². The molecule has 2 rings (SSSR count). The molecule has 5 heteroatoms. The molecule has 1 aromatic carbocycles. The highest BCUT2D eigenvalue weighted by Gasteiger charge is 2.29. The summed E-state index contributed by atoms with van der Waals surface area (Å²) in [5.41, 5.74) is 9.09. The smallest absolute Gasteiger partial charge is 0.410 e. The molecule has 0 saturated heterocycles. The number of rotatable bonds is 3. The largest absolute Gasteiger partial charge is 0.496 e. The molecule has 5 nitrogen and oxygen atoms in total. The molecule has 110 valence electrons. The standard InChI is InChI=1S/C15H22N2O3/c1-4-20-15(18)17-6-5-11-7-12(9-16)14(19-3)8-13(11)10(17)2/h7-8,10H,4-6,9,16H2,1-3H3. The normalized spacial score (nSPS) is 17.6. The average molecular weight is 278 g/mol. The molecule has 1 amide bonds. The van der Waals surface area contributed by atoms with Gasteiger partial charge in [0, 0.05) is 18.7 Å². The quantitative estimate of drug-likeness (QED) is 0.921. The van der Waals surface area contributed by atoms with Crippen LogP contribution in [0.25, 0.3) is 0 Å².